The molecule has 0 saturated heterocycles. The van der Waals surface area contributed by atoms with E-state index in [9.17, 15) is 14.4 Å². The van der Waals surface area contributed by atoms with E-state index in [1.165, 1.54) is 16.9 Å². The van der Waals surface area contributed by atoms with Crippen LogP contribution < -0.4 is 15.4 Å². The molecule has 0 fully saturated rings. The summed E-state index contributed by atoms with van der Waals surface area (Å²) in [4.78, 5) is 41.6. The third-order valence-electron chi connectivity index (χ3n) is 5.14. The van der Waals surface area contributed by atoms with Gasteiger partial charge in [-0.1, -0.05) is 24.3 Å². The normalized spacial score (nSPS) is 10.5. The van der Waals surface area contributed by atoms with Gasteiger partial charge in [0.25, 0.3) is 11.8 Å². The lowest BCUT2D eigenvalue weighted by molar-refractivity contribution is -0.119. The molecule has 0 radical (unpaired) electrons. The number of fused-ring (bicyclic) bond motifs is 1. The number of aromatic nitrogens is 3. The van der Waals surface area contributed by atoms with Crippen LogP contribution in [0.5, 0.6) is 5.75 Å². The Morgan fingerprint density at radius 2 is 1.80 bits per heavy atom. The third kappa shape index (κ3) is 5.80. The van der Waals surface area contributed by atoms with Crippen molar-refractivity contribution in [1.82, 2.24) is 19.9 Å². The third-order valence-corrected chi connectivity index (χ3v) is 5.14. The van der Waals surface area contributed by atoms with Gasteiger partial charge in [0.05, 0.1) is 24.6 Å². The Labute approximate surface area is 200 Å². The average molecular weight is 473 g/mol. The van der Waals surface area contributed by atoms with Crippen LogP contribution in [0.2, 0.25) is 0 Å². The van der Waals surface area contributed by atoms with Crippen LogP contribution in [0.25, 0.3) is 5.65 Å². The number of amides is 2. The number of nitrogens with one attached hydrogen (secondary N) is 2. The fourth-order valence-corrected chi connectivity index (χ4v) is 3.36. The van der Waals surface area contributed by atoms with E-state index in [1.807, 2.05) is 24.3 Å². The molecule has 0 atom stereocenters. The molecule has 0 bridgehead atoms. The summed E-state index contributed by atoms with van der Waals surface area (Å²) in [5.41, 5.74) is 2.14. The largest absolute Gasteiger partial charge is 0.497 e. The van der Waals surface area contributed by atoms with Gasteiger partial charge >= 0.3 is 5.97 Å². The van der Waals surface area contributed by atoms with Gasteiger partial charge in [-0.2, -0.15) is 5.10 Å². The summed E-state index contributed by atoms with van der Waals surface area (Å²) in [5.74, 6) is -0.869. The Bertz CT molecular complexity index is 1350. The number of nitrogens with zero attached hydrogens (tertiary/aromatic N) is 3. The number of para-hydroxylation sites is 1. The topological polar surface area (TPSA) is 124 Å². The van der Waals surface area contributed by atoms with Crippen LogP contribution in [0.4, 0.5) is 5.69 Å². The van der Waals surface area contributed by atoms with Crippen LogP contribution in [0.15, 0.2) is 73.2 Å². The van der Waals surface area contributed by atoms with E-state index in [0.717, 1.165) is 11.3 Å². The molecule has 2 N–H and O–H groups in total. The summed E-state index contributed by atoms with van der Waals surface area (Å²) in [6, 6.07) is 15.9. The number of carbonyl (C=O) groups excluding carboxylic acids is 3. The Morgan fingerprint density at radius 3 is 2.60 bits per heavy atom. The number of rotatable bonds is 9. The molecule has 0 unspecified atom stereocenters. The highest BCUT2D eigenvalue weighted by Gasteiger charge is 2.18. The molecular formula is C25H23N5O5. The highest BCUT2D eigenvalue weighted by Crippen LogP contribution is 2.16. The smallest absolute Gasteiger partial charge is 0.344 e. The number of carbonyl (C=O) groups is 3. The number of esters is 1. The van der Waals surface area contributed by atoms with Gasteiger partial charge < -0.3 is 20.1 Å². The zero-order valence-electron chi connectivity index (χ0n) is 18.9. The standard InChI is InChI=1S/C25H23N5O5/c1-34-18-9-7-17(8-10-18)11-13-27-24(32)19-5-2-3-6-21(19)29-22(31)16-35-25(33)20-15-28-30-14-4-12-26-23(20)30/h2-10,12,14-15H,11,13,16H2,1H3,(H,27,32)(H,29,31). The fourth-order valence-electron chi connectivity index (χ4n) is 3.36. The van der Waals surface area contributed by atoms with Crippen molar-refractivity contribution in [3.05, 3.63) is 89.9 Å². The van der Waals surface area contributed by atoms with E-state index in [0.29, 0.717) is 29.9 Å². The number of hydrogen-bond donors (Lipinski definition) is 2. The maximum Gasteiger partial charge on any atom is 0.344 e. The molecule has 2 amide bonds. The van der Waals surface area contributed by atoms with Gasteiger partial charge in [-0.25, -0.2) is 14.3 Å². The average Bonchev–Trinajstić information content (AvgIpc) is 3.32. The molecular weight excluding hydrogens is 450 g/mol. The Morgan fingerprint density at radius 1 is 1.00 bits per heavy atom. The minimum absolute atomic E-state index is 0.148. The summed E-state index contributed by atoms with van der Waals surface area (Å²) in [7, 11) is 1.61. The second-order valence-electron chi connectivity index (χ2n) is 7.47. The van der Waals surface area contributed by atoms with Crippen molar-refractivity contribution < 1.29 is 23.9 Å². The maximum atomic E-state index is 12.7. The van der Waals surface area contributed by atoms with Gasteiger partial charge in [0.1, 0.15) is 11.3 Å². The van der Waals surface area contributed by atoms with Crippen LogP contribution in [0, 0.1) is 0 Å². The predicted octanol–water partition coefficient (Wildman–Crippen LogP) is 2.51. The molecule has 0 aliphatic heterocycles. The summed E-state index contributed by atoms with van der Waals surface area (Å²) >= 11 is 0. The molecule has 0 spiro atoms. The number of hydrogen-bond acceptors (Lipinski definition) is 7. The lowest BCUT2D eigenvalue weighted by atomic mass is 10.1. The lowest BCUT2D eigenvalue weighted by Crippen LogP contribution is -2.28. The van der Waals surface area contributed by atoms with Crippen molar-refractivity contribution in [3.8, 4) is 5.75 Å². The van der Waals surface area contributed by atoms with Crippen molar-refractivity contribution in [1.29, 1.82) is 0 Å². The second kappa shape index (κ2) is 10.9. The summed E-state index contributed by atoms with van der Waals surface area (Å²) < 4.78 is 11.7. The number of methoxy groups -OCH3 is 1. The Kier molecular flexibility index (Phi) is 7.31. The first kappa shape index (κ1) is 23.4. The molecule has 2 heterocycles. The van der Waals surface area contributed by atoms with Crippen molar-refractivity contribution in [3.63, 3.8) is 0 Å². The molecule has 10 heteroatoms. The van der Waals surface area contributed by atoms with Gasteiger partial charge in [-0.05, 0) is 42.3 Å². The van der Waals surface area contributed by atoms with E-state index in [1.54, 1.807) is 43.6 Å². The molecule has 0 aliphatic carbocycles. The zero-order valence-corrected chi connectivity index (χ0v) is 18.9. The van der Waals surface area contributed by atoms with Gasteiger partial charge in [0.15, 0.2) is 12.3 Å². The number of ether oxygens (including phenoxy) is 2. The SMILES string of the molecule is COc1ccc(CCNC(=O)c2ccccc2NC(=O)COC(=O)c2cnn3cccnc23)cc1. The monoisotopic (exact) mass is 473 g/mol. The molecule has 10 nitrogen and oxygen atoms in total. The van der Waals surface area contributed by atoms with Gasteiger partial charge in [0.2, 0.25) is 0 Å². The minimum Gasteiger partial charge on any atom is -0.497 e. The van der Waals surface area contributed by atoms with E-state index in [4.69, 9.17) is 9.47 Å². The molecule has 35 heavy (non-hydrogen) atoms. The first-order chi connectivity index (χ1) is 17.0. The van der Waals surface area contributed by atoms with Crippen molar-refractivity contribution in [2.45, 2.75) is 6.42 Å². The molecule has 2 aromatic heterocycles. The van der Waals surface area contributed by atoms with Crippen molar-refractivity contribution in [2.75, 3.05) is 25.6 Å². The highest BCUT2D eigenvalue weighted by atomic mass is 16.5. The molecule has 0 saturated carbocycles. The van der Waals surface area contributed by atoms with E-state index < -0.39 is 18.5 Å². The van der Waals surface area contributed by atoms with Gasteiger partial charge in [0, 0.05) is 18.9 Å². The van der Waals surface area contributed by atoms with Gasteiger partial charge in [-0.15, -0.1) is 0 Å². The zero-order chi connectivity index (χ0) is 24.6. The summed E-state index contributed by atoms with van der Waals surface area (Å²) in [6.45, 7) is -0.116. The predicted molar refractivity (Wildman–Crippen MR) is 127 cm³/mol. The number of anilines is 1. The second-order valence-corrected chi connectivity index (χ2v) is 7.47. The minimum atomic E-state index is -0.724. The van der Waals surface area contributed by atoms with Crippen LogP contribution in [-0.4, -0.2) is 52.6 Å². The number of benzene rings is 2. The summed E-state index contributed by atoms with van der Waals surface area (Å²) in [5, 5.41) is 9.49. The van der Waals surface area contributed by atoms with Crippen LogP contribution in [-0.2, 0) is 16.0 Å². The Hall–Kier alpha value is -4.73. The molecule has 178 valence electrons. The first-order valence-electron chi connectivity index (χ1n) is 10.8. The maximum absolute atomic E-state index is 12.7. The van der Waals surface area contributed by atoms with E-state index in [2.05, 4.69) is 20.7 Å². The van der Waals surface area contributed by atoms with Crippen LogP contribution >= 0.6 is 0 Å². The fraction of sp³-hybridized carbons (Fsp3) is 0.160. The van der Waals surface area contributed by atoms with Gasteiger partial charge in [-0.3, -0.25) is 9.59 Å². The first-order valence-corrected chi connectivity index (χ1v) is 10.8. The quantitative estimate of drug-likeness (QED) is 0.358. The molecule has 2 aromatic carbocycles. The van der Waals surface area contributed by atoms with Crippen LogP contribution in [0.1, 0.15) is 26.3 Å². The van der Waals surface area contributed by atoms with E-state index in [-0.39, 0.29) is 11.5 Å². The van der Waals surface area contributed by atoms with Crippen molar-refractivity contribution in [2.24, 2.45) is 0 Å². The lowest BCUT2D eigenvalue weighted by Gasteiger charge is -2.12. The molecule has 0 aliphatic rings. The van der Waals surface area contributed by atoms with Crippen LogP contribution in [0.3, 0.4) is 0 Å². The Balaban J connectivity index is 1.31. The molecule has 4 aromatic rings. The van der Waals surface area contributed by atoms with E-state index >= 15 is 0 Å². The summed E-state index contributed by atoms with van der Waals surface area (Å²) in [6.07, 6.45) is 5.14. The highest BCUT2D eigenvalue weighted by molar-refractivity contribution is 6.04. The van der Waals surface area contributed by atoms with Crippen molar-refractivity contribution >= 4 is 29.1 Å². The molecule has 4 rings (SSSR count).